The van der Waals surface area contributed by atoms with Crippen LogP contribution in [-0.2, 0) is 4.43 Å². The van der Waals surface area contributed by atoms with Gasteiger partial charge in [0.15, 0.2) is 0 Å². The van der Waals surface area contributed by atoms with E-state index in [9.17, 15) is 0 Å². The molecule has 0 saturated heterocycles. The van der Waals surface area contributed by atoms with Crippen molar-refractivity contribution in [2.75, 3.05) is 6.61 Å². The Labute approximate surface area is 124 Å². The first-order chi connectivity index (χ1) is 8.43. The molecular weight excluding hydrogens is 264 g/mol. The standard InChI is InChI=1S/C16H36OSi2/c1-13(2)19(14(3)4,15(5)6)17-11-16(7)12-18(8,9)10/h13-15H,7,11-12H2,1-6,8-10H3. The third kappa shape index (κ3) is 5.56. The Kier molecular flexibility index (Phi) is 7.28. The molecule has 0 N–H and O–H groups in total. The van der Waals surface area contributed by atoms with Gasteiger partial charge in [-0.3, -0.25) is 0 Å². The van der Waals surface area contributed by atoms with E-state index in [0.717, 1.165) is 6.61 Å². The van der Waals surface area contributed by atoms with Gasteiger partial charge >= 0.3 is 0 Å². The van der Waals surface area contributed by atoms with Gasteiger partial charge in [-0.1, -0.05) is 73.3 Å². The predicted octanol–water partition coefficient (Wildman–Crippen LogP) is 6.07. The maximum absolute atomic E-state index is 6.58. The molecule has 0 rings (SSSR count). The van der Waals surface area contributed by atoms with Crippen molar-refractivity contribution in [3.05, 3.63) is 12.2 Å². The average Bonchev–Trinajstić information content (AvgIpc) is 2.13. The van der Waals surface area contributed by atoms with E-state index >= 15 is 0 Å². The molecule has 0 aromatic carbocycles. The van der Waals surface area contributed by atoms with Crippen LogP contribution in [0.15, 0.2) is 12.2 Å². The normalized spacial score (nSPS) is 13.7. The molecule has 19 heavy (non-hydrogen) atoms. The molecule has 0 aliphatic heterocycles. The summed E-state index contributed by atoms with van der Waals surface area (Å²) in [5, 5.41) is 0. The van der Waals surface area contributed by atoms with Gasteiger partial charge in [-0.05, 0) is 22.7 Å². The molecule has 114 valence electrons. The lowest BCUT2D eigenvalue weighted by molar-refractivity contribution is 0.307. The van der Waals surface area contributed by atoms with Crippen molar-refractivity contribution in [2.45, 2.75) is 83.9 Å². The highest BCUT2D eigenvalue weighted by molar-refractivity contribution is 6.78. The van der Waals surface area contributed by atoms with Crippen LogP contribution in [0.2, 0.25) is 42.3 Å². The van der Waals surface area contributed by atoms with Gasteiger partial charge in [-0.2, -0.15) is 0 Å². The van der Waals surface area contributed by atoms with Gasteiger partial charge in [0.25, 0.3) is 0 Å². The lowest BCUT2D eigenvalue weighted by Crippen LogP contribution is -2.48. The molecule has 0 radical (unpaired) electrons. The van der Waals surface area contributed by atoms with Gasteiger partial charge in [-0.15, -0.1) is 0 Å². The number of rotatable bonds is 8. The molecule has 0 aliphatic rings. The lowest BCUT2D eigenvalue weighted by Gasteiger charge is -2.42. The van der Waals surface area contributed by atoms with Gasteiger partial charge in [-0.25, -0.2) is 0 Å². The Hall–Kier alpha value is 0.134. The van der Waals surface area contributed by atoms with E-state index in [2.05, 4.69) is 67.8 Å². The monoisotopic (exact) mass is 300 g/mol. The summed E-state index contributed by atoms with van der Waals surface area (Å²) in [7, 11) is -2.77. The zero-order chi connectivity index (χ0) is 15.4. The largest absolute Gasteiger partial charge is 0.412 e. The molecule has 0 saturated carbocycles. The van der Waals surface area contributed by atoms with Gasteiger partial charge < -0.3 is 4.43 Å². The Morgan fingerprint density at radius 1 is 0.895 bits per heavy atom. The molecule has 0 atom stereocenters. The van der Waals surface area contributed by atoms with Crippen molar-refractivity contribution in [2.24, 2.45) is 0 Å². The van der Waals surface area contributed by atoms with Crippen LogP contribution < -0.4 is 0 Å². The van der Waals surface area contributed by atoms with Crippen molar-refractivity contribution >= 4 is 16.4 Å². The highest BCUT2D eigenvalue weighted by Gasteiger charge is 2.45. The summed E-state index contributed by atoms with van der Waals surface area (Å²) in [4.78, 5) is 0. The number of hydrogen-bond acceptors (Lipinski definition) is 1. The summed E-state index contributed by atoms with van der Waals surface area (Å²) in [6, 6.07) is 1.19. The van der Waals surface area contributed by atoms with E-state index in [0.29, 0.717) is 16.6 Å². The molecule has 0 unspecified atom stereocenters. The van der Waals surface area contributed by atoms with Crippen LogP contribution in [0, 0.1) is 0 Å². The third-order valence-corrected chi connectivity index (χ3v) is 11.6. The van der Waals surface area contributed by atoms with Crippen molar-refractivity contribution in [1.82, 2.24) is 0 Å². The molecule has 1 nitrogen and oxygen atoms in total. The van der Waals surface area contributed by atoms with Gasteiger partial charge in [0.05, 0.1) is 6.61 Å². The van der Waals surface area contributed by atoms with E-state index in [-0.39, 0.29) is 0 Å². The second-order valence-electron chi connectivity index (χ2n) is 8.09. The van der Waals surface area contributed by atoms with Gasteiger partial charge in [0, 0.05) is 8.07 Å². The molecule has 0 heterocycles. The zero-order valence-electron chi connectivity index (χ0n) is 14.8. The minimum Gasteiger partial charge on any atom is -0.412 e. The summed E-state index contributed by atoms with van der Waals surface area (Å²) in [6.07, 6.45) is 0. The van der Waals surface area contributed by atoms with Gasteiger partial charge in [0.2, 0.25) is 8.32 Å². The Bertz CT molecular complexity index is 266. The lowest BCUT2D eigenvalue weighted by atomic mass is 10.4. The van der Waals surface area contributed by atoms with Crippen molar-refractivity contribution in [1.29, 1.82) is 0 Å². The van der Waals surface area contributed by atoms with Crippen LogP contribution in [-0.4, -0.2) is 23.0 Å². The van der Waals surface area contributed by atoms with Crippen molar-refractivity contribution in [3.63, 3.8) is 0 Å². The van der Waals surface area contributed by atoms with E-state index < -0.39 is 16.4 Å². The highest BCUT2D eigenvalue weighted by Crippen LogP contribution is 2.42. The maximum Gasteiger partial charge on any atom is 0.200 e. The predicted molar refractivity (Wildman–Crippen MR) is 94.3 cm³/mol. The van der Waals surface area contributed by atoms with Crippen LogP contribution in [0.25, 0.3) is 0 Å². The smallest absolute Gasteiger partial charge is 0.200 e. The molecule has 0 bridgehead atoms. The Balaban J connectivity index is 4.82. The fraction of sp³-hybridized carbons (Fsp3) is 0.875. The molecule has 0 aromatic rings. The molecule has 0 spiro atoms. The molecule has 0 amide bonds. The van der Waals surface area contributed by atoms with E-state index in [1.807, 2.05) is 0 Å². The Morgan fingerprint density at radius 2 is 1.26 bits per heavy atom. The van der Waals surface area contributed by atoms with E-state index in [4.69, 9.17) is 4.43 Å². The van der Waals surface area contributed by atoms with Crippen LogP contribution in [0.3, 0.4) is 0 Å². The third-order valence-electron chi connectivity index (χ3n) is 4.01. The first-order valence-electron chi connectivity index (χ1n) is 7.74. The minimum absolute atomic E-state index is 0.659. The quantitative estimate of drug-likeness (QED) is 0.390. The van der Waals surface area contributed by atoms with Crippen molar-refractivity contribution in [3.8, 4) is 0 Å². The van der Waals surface area contributed by atoms with Crippen molar-refractivity contribution < 1.29 is 4.43 Å². The maximum atomic E-state index is 6.58. The first-order valence-corrected chi connectivity index (χ1v) is 13.6. The summed E-state index contributed by atoms with van der Waals surface area (Å²) in [5.74, 6) is 0. The summed E-state index contributed by atoms with van der Waals surface area (Å²) >= 11 is 0. The second kappa shape index (κ2) is 7.23. The zero-order valence-corrected chi connectivity index (χ0v) is 16.8. The fourth-order valence-electron chi connectivity index (χ4n) is 3.53. The minimum atomic E-state index is -1.71. The fourth-order valence-corrected chi connectivity index (χ4v) is 10.6. The first kappa shape index (κ1) is 19.1. The topological polar surface area (TPSA) is 9.23 Å². The van der Waals surface area contributed by atoms with Gasteiger partial charge in [0.1, 0.15) is 0 Å². The van der Waals surface area contributed by atoms with E-state index in [1.165, 1.54) is 11.6 Å². The summed E-state index contributed by atoms with van der Waals surface area (Å²) < 4.78 is 6.58. The summed E-state index contributed by atoms with van der Waals surface area (Å²) in [5.41, 5.74) is 3.28. The Morgan fingerprint density at radius 3 is 1.53 bits per heavy atom. The molecule has 0 fully saturated rings. The molecule has 0 aromatic heterocycles. The SMILES string of the molecule is C=C(CO[Si](C(C)C)(C(C)C)C(C)C)C[Si](C)(C)C. The van der Waals surface area contributed by atoms with Crippen LogP contribution >= 0.6 is 0 Å². The van der Waals surface area contributed by atoms with Crippen LogP contribution in [0.5, 0.6) is 0 Å². The van der Waals surface area contributed by atoms with E-state index in [1.54, 1.807) is 0 Å². The number of hydrogen-bond donors (Lipinski definition) is 0. The molecular formula is C16H36OSi2. The highest BCUT2D eigenvalue weighted by atomic mass is 28.4. The average molecular weight is 301 g/mol. The molecule has 3 heteroatoms. The van der Waals surface area contributed by atoms with Crippen LogP contribution in [0.4, 0.5) is 0 Å². The molecule has 0 aliphatic carbocycles. The van der Waals surface area contributed by atoms with Crippen LogP contribution in [0.1, 0.15) is 41.5 Å². The summed E-state index contributed by atoms with van der Waals surface area (Å²) in [6.45, 7) is 26.3. The second-order valence-corrected chi connectivity index (χ2v) is 19.0.